The van der Waals surface area contributed by atoms with Gasteiger partial charge in [-0.1, -0.05) is 30.9 Å². The summed E-state index contributed by atoms with van der Waals surface area (Å²) in [4.78, 5) is 2.08. The van der Waals surface area contributed by atoms with Crippen LogP contribution in [0.1, 0.15) is 22.2 Å². The van der Waals surface area contributed by atoms with Crippen molar-refractivity contribution < 1.29 is 9.84 Å². The summed E-state index contributed by atoms with van der Waals surface area (Å²) in [6, 6.07) is 12.1. The number of aliphatic hydroxyl groups is 1. The van der Waals surface area contributed by atoms with Crippen molar-refractivity contribution >= 4 is 11.3 Å². The fraction of sp³-hybridized carbons (Fsp3) is 0.250. The smallest absolute Gasteiger partial charge is 0.122 e. The minimum absolute atomic E-state index is 0.104. The molecule has 0 aliphatic heterocycles. The number of thiophene rings is 1. The zero-order valence-electron chi connectivity index (χ0n) is 10.8. The summed E-state index contributed by atoms with van der Waals surface area (Å²) >= 11 is 1.59. The van der Waals surface area contributed by atoms with E-state index in [2.05, 4.69) is 30.9 Å². The highest BCUT2D eigenvalue weighted by Crippen LogP contribution is 2.19. The molecule has 1 N–H and O–H groups in total. The van der Waals surface area contributed by atoms with Gasteiger partial charge in [0.2, 0.25) is 0 Å². The first-order chi connectivity index (χ1) is 9.31. The van der Waals surface area contributed by atoms with Crippen molar-refractivity contribution in [3.63, 3.8) is 0 Å². The minimum Gasteiger partial charge on any atom is -0.488 e. The first-order valence-electron chi connectivity index (χ1n) is 6.22. The molecule has 2 aromatic rings. The van der Waals surface area contributed by atoms with E-state index in [0.29, 0.717) is 6.61 Å². The number of benzene rings is 1. The van der Waals surface area contributed by atoms with Crippen molar-refractivity contribution in [2.75, 3.05) is 6.61 Å². The van der Waals surface area contributed by atoms with Gasteiger partial charge in [0, 0.05) is 4.88 Å². The van der Waals surface area contributed by atoms with Gasteiger partial charge in [0.15, 0.2) is 0 Å². The predicted molar refractivity (Wildman–Crippen MR) is 78.4 cm³/mol. The molecule has 0 amide bonds. The lowest BCUT2D eigenvalue weighted by Crippen LogP contribution is -1.93. The normalized spacial score (nSPS) is 9.79. The van der Waals surface area contributed by atoms with Crippen LogP contribution in [0.2, 0.25) is 0 Å². The average molecular weight is 272 g/mol. The summed E-state index contributed by atoms with van der Waals surface area (Å²) in [6.07, 6.45) is 1.01. The Bertz CT molecular complexity index is 590. The third-order valence-corrected chi connectivity index (χ3v) is 3.61. The number of aryl methyl sites for hydroxylation is 1. The van der Waals surface area contributed by atoms with E-state index in [1.807, 2.05) is 24.3 Å². The molecule has 0 radical (unpaired) electrons. The van der Waals surface area contributed by atoms with Gasteiger partial charge in [-0.2, -0.15) is 0 Å². The Kier molecular flexibility index (Phi) is 5.02. The molecular weight excluding hydrogens is 256 g/mol. The maximum absolute atomic E-state index is 8.64. The molecule has 1 aromatic heterocycles. The van der Waals surface area contributed by atoms with Crippen LogP contribution in [0.5, 0.6) is 5.75 Å². The molecule has 0 aliphatic carbocycles. The van der Waals surface area contributed by atoms with Crippen LogP contribution in [0.3, 0.4) is 0 Å². The van der Waals surface area contributed by atoms with Gasteiger partial charge < -0.3 is 9.84 Å². The summed E-state index contributed by atoms with van der Waals surface area (Å²) < 4.78 is 5.77. The molecule has 0 aliphatic rings. The van der Waals surface area contributed by atoms with Crippen molar-refractivity contribution in [3.05, 3.63) is 51.7 Å². The molecule has 1 aromatic carbocycles. The Balaban J connectivity index is 1.96. The zero-order valence-corrected chi connectivity index (χ0v) is 11.7. The first kappa shape index (κ1) is 13.7. The van der Waals surface area contributed by atoms with E-state index in [4.69, 9.17) is 9.84 Å². The molecule has 98 valence electrons. The molecule has 0 saturated carbocycles. The lowest BCUT2D eigenvalue weighted by Gasteiger charge is -2.05. The molecule has 19 heavy (non-hydrogen) atoms. The number of aliphatic hydroxyl groups excluding tert-OH is 1. The van der Waals surface area contributed by atoms with Crippen molar-refractivity contribution in [2.24, 2.45) is 0 Å². The standard InChI is InChI=1S/C16H16O2S/c1-2-13-5-3-6-14(11-13)18-12-16-9-8-15(19-16)7-4-10-17/h3,5-6,8-9,11,17H,2,10,12H2,1H3. The second kappa shape index (κ2) is 6.98. The van der Waals surface area contributed by atoms with Crippen LogP contribution in [-0.4, -0.2) is 11.7 Å². The number of hydrogen-bond donors (Lipinski definition) is 1. The maximum Gasteiger partial charge on any atom is 0.122 e. The van der Waals surface area contributed by atoms with E-state index < -0.39 is 0 Å². The zero-order chi connectivity index (χ0) is 13.5. The fourth-order valence-electron chi connectivity index (χ4n) is 1.66. The molecule has 0 saturated heterocycles. The molecule has 0 unspecified atom stereocenters. The summed E-state index contributed by atoms with van der Waals surface area (Å²) in [5.74, 6) is 6.43. The topological polar surface area (TPSA) is 29.5 Å². The highest BCUT2D eigenvalue weighted by molar-refractivity contribution is 7.12. The third kappa shape index (κ3) is 4.13. The van der Waals surface area contributed by atoms with Crippen LogP contribution in [0.4, 0.5) is 0 Å². The van der Waals surface area contributed by atoms with Gasteiger partial charge in [0.1, 0.15) is 19.0 Å². The molecule has 0 spiro atoms. The molecular formula is C16H16O2S. The van der Waals surface area contributed by atoms with Crippen LogP contribution in [0.25, 0.3) is 0 Å². The Labute approximate surface area is 117 Å². The van der Waals surface area contributed by atoms with Gasteiger partial charge in [0.25, 0.3) is 0 Å². The maximum atomic E-state index is 8.64. The van der Waals surface area contributed by atoms with E-state index in [9.17, 15) is 0 Å². The van der Waals surface area contributed by atoms with Crippen molar-refractivity contribution in [1.29, 1.82) is 0 Å². The molecule has 1 heterocycles. The summed E-state index contributed by atoms with van der Waals surface area (Å²) in [5.41, 5.74) is 1.28. The first-order valence-corrected chi connectivity index (χ1v) is 7.03. The second-order valence-electron chi connectivity index (χ2n) is 4.02. The second-order valence-corrected chi connectivity index (χ2v) is 5.18. The van der Waals surface area contributed by atoms with Crippen molar-refractivity contribution in [2.45, 2.75) is 20.0 Å². The predicted octanol–water partition coefficient (Wildman–Crippen LogP) is 3.23. The third-order valence-electron chi connectivity index (χ3n) is 2.64. The molecule has 3 heteroatoms. The van der Waals surface area contributed by atoms with Crippen LogP contribution >= 0.6 is 11.3 Å². The average Bonchev–Trinajstić information content (AvgIpc) is 2.91. The van der Waals surface area contributed by atoms with E-state index in [1.165, 1.54) is 5.56 Å². The van der Waals surface area contributed by atoms with Gasteiger partial charge in [-0.3, -0.25) is 0 Å². The monoisotopic (exact) mass is 272 g/mol. The molecule has 0 fully saturated rings. The highest BCUT2D eigenvalue weighted by atomic mass is 32.1. The Morgan fingerprint density at radius 1 is 1.26 bits per heavy atom. The Morgan fingerprint density at radius 3 is 2.95 bits per heavy atom. The molecule has 2 rings (SSSR count). The van der Waals surface area contributed by atoms with E-state index in [1.54, 1.807) is 11.3 Å². The van der Waals surface area contributed by atoms with Crippen molar-refractivity contribution in [1.82, 2.24) is 0 Å². The highest BCUT2D eigenvalue weighted by Gasteiger charge is 2.00. The van der Waals surface area contributed by atoms with Gasteiger partial charge in [-0.15, -0.1) is 11.3 Å². The lowest BCUT2D eigenvalue weighted by atomic mass is 10.2. The number of rotatable bonds is 4. The largest absolute Gasteiger partial charge is 0.488 e. The van der Waals surface area contributed by atoms with E-state index in [0.717, 1.165) is 21.9 Å². The Morgan fingerprint density at radius 2 is 2.16 bits per heavy atom. The van der Waals surface area contributed by atoms with Crippen LogP contribution < -0.4 is 4.74 Å². The van der Waals surface area contributed by atoms with Crippen LogP contribution in [0.15, 0.2) is 36.4 Å². The molecule has 0 bridgehead atoms. The van der Waals surface area contributed by atoms with E-state index >= 15 is 0 Å². The summed E-state index contributed by atoms with van der Waals surface area (Å²) in [6.45, 7) is 2.58. The quantitative estimate of drug-likeness (QED) is 0.866. The fourth-order valence-corrected chi connectivity index (χ4v) is 2.45. The van der Waals surface area contributed by atoms with Gasteiger partial charge in [-0.05, 0) is 36.2 Å². The van der Waals surface area contributed by atoms with E-state index in [-0.39, 0.29) is 6.61 Å². The number of ether oxygens (including phenoxy) is 1. The lowest BCUT2D eigenvalue weighted by molar-refractivity contribution is 0.309. The van der Waals surface area contributed by atoms with Gasteiger partial charge >= 0.3 is 0 Å². The molecule has 0 atom stereocenters. The van der Waals surface area contributed by atoms with Gasteiger partial charge in [0.05, 0.1) is 4.88 Å². The summed E-state index contributed by atoms with van der Waals surface area (Å²) in [7, 11) is 0. The SMILES string of the molecule is CCc1cccc(OCc2ccc(C#CCO)s2)c1. The summed E-state index contributed by atoms with van der Waals surface area (Å²) in [5, 5.41) is 8.64. The molecule has 2 nitrogen and oxygen atoms in total. The van der Waals surface area contributed by atoms with Crippen molar-refractivity contribution in [3.8, 4) is 17.6 Å². The number of hydrogen-bond acceptors (Lipinski definition) is 3. The van der Waals surface area contributed by atoms with Crippen LogP contribution in [0, 0.1) is 11.8 Å². The Hall–Kier alpha value is -1.76. The van der Waals surface area contributed by atoms with Gasteiger partial charge in [-0.25, -0.2) is 0 Å². The minimum atomic E-state index is -0.104. The van der Waals surface area contributed by atoms with Crippen LogP contribution in [-0.2, 0) is 13.0 Å².